The van der Waals surface area contributed by atoms with Crippen LogP contribution in [0.3, 0.4) is 0 Å². The number of carbonyl (C=O) groups is 1. The molecule has 1 amide bonds. The van der Waals surface area contributed by atoms with E-state index in [1.807, 2.05) is 6.07 Å². The number of amides is 1. The molecule has 5 nitrogen and oxygen atoms in total. The second-order valence-electron chi connectivity index (χ2n) is 3.78. The Hall–Kier alpha value is -1.40. The number of benzene rings is 1. The molecule has 0 aliphatic carbocycles. The van der Waals surface area contributed by atoms with Crippen molar-refractivity contribution in [2.75, 3.05) is 18.6 Å². The van der Waals surface area contributed by atoms with E-state index in [-0.39, 0.29) is 6.61 Å². The molecule has 0 spiro atoms. The molecule has 0 fully saturated rings. The summed E-state index contributed by atoms with van der Waals surface area (Å²) in [7, 11) is -3.35. The van der Waals surface area contributed by atoms with E-state index in [1.165, 1.54) is 0 Å². The molecule has 0 radical (unpaired) electrons. The number of rotatable bonds is 5. The molecule has 0 saturated carbocycles. The topological polar surface area (TPSA) is 83.5 Å². The van der Waals surface area contributed by atoms with Crippen LogP contribution >= 0.6 is 0 Å². The van der Waals surface area contributed by atoms with Crippen LogP contribution in [0, 0.1) is 0 Å². The van der Waals surface area contributed by atoms with Crippen LogP contribution < -0.4 is 5.32 Å². The van der Waals surface area contributed by atoms with Gasteiger partial charge in [-0.2, -0.15) is 0 Å². The first-order valence-electron chi connectivity index (χ1n) is 5.05. The third-order valence-electron chi connectivity index (χ3n) is 2.11. The summed E-state index contributed by atoms with van der Waals surface area (Å²) in [5, 5.41) is 11.6. The normalized spacial score (nSPS) is 13.1. The van der Waals surface area contributed by atoms with Crippen molar-refractivity contribution in [3.63, 3.8) is 0 Å². The van der Waals surface area contributed by atoms with Gasteiger partial charge in [0, 0.05) is 6.26 Å². The first-order chi connectivity index (χ1) is 7.92. The van der Waals surface area contributed by atoms with Crippen molar-refractivity contribution in [2.45, 2.75) is 6.04 Å². The van der Waals surface area contributed by atoms with Crippen molar-refractivity contribution in [1.29, 1.82) is 0 Å². The minimum atomic E-state index is -3.35. The molecule has 0 aromatic heterocycles. The lowest BCUT2D eigenvalue weighted by atomic mass is 10.1. The molecule has 1 aromatic rings. The van der Waals surface area contributed by atoms with Gasteiger partial charge in [0.15, 0.2) is 9.84 Å². The number of hydrogen-bond acceptors (Lipinski definition) is 4. The fourth-order valence-electron chi connectivity index (χ4n) is 1.39. The number of aliphatic hydroxyl groups is 1. The molecule has 17 heavy (non-hydrogen) atoms. The van der Waals surface area contributed by atoms with Crippen LogP contribution in [0.25, 0.3) is 0 Å². The predicted molar refractivity (Wildman–Crippen MR) is 64.1 cm³/mol. The molecular weight excluding hydrogens is 242 g/mol. The summed E-state index contributed by atoms with van der Waals surface area (Å²) in [4.78, 5) is 11.4. The Bertz CT molecular complexity index is 470. The van der Waals surface area contributed by atoms with Gasteiger partial charge in [-0.15, -0.1) is 0 Å². The maximum atomic E-state index is 11.4. The number of carbonyl (C=O) groups excluding carboxylic acids is 1. The van der Waals surface area contributed by atoms with Crippen LogP contribution in [0.1, 0.15) is 11.6 Å². The Labute approximate surface area is 100 Å². The summed E-state index contributed by atoms with van der Waals surface area (Å²) in [6.45, 7) is -0.278. The monoisotopic (exact) mass is 257 g/mol. The molecule has 1 unspecified atom stereocenters. The van der Waals surface area contributed by atoms with Gasteiger partial charge in [0.2, 0.25) is 5.91 Å². The summed E-state index contributed by atoms with van der Waals surface area (Å²) in [5.41, 5.74) is 0.733. The zero-order chi connectivity index (χ0) is 12.9. The maximum absolute atomic E-state index is 11.4. The zero-order valence-electron chi connectivity index (χ0n) is 9.46. The second-order valence-corrected chi connectivity index (χ2v) is 5.92. The van der Waals surface area contributed by atoms with E-state index in [0.717, 1.165) is 11.8 Å². The molecule has 1 atom stereocenters. The van der Waals surface area contributed by atoms with Gasteiger partial charge in [0.05, 0.1) is 12.6 Å². The average Bonchev–Trinajstić information content (AvgIpc) is 2.24. The van der Waals surface area contributed by atoms with E-state index in [4.69, 9.17) is 5.11 Å². The van der Waals surface area contributed by atoms with Crippen molar-refractivity contribution in [3.05, 3.63) is 35.9 Å². The minimum absolute atomic E-state index is 0.278. The molecule has 94 valence electrons. The predicted octanol–water partition coefficient (Wildman–Crippen LogP) is -0.119. The molecule has 0 aliphatic heterocycles. The van der Waals surface area contributed by atoms with Gasteiger partial charge in [-0.3, -0.25) is 4.79 Å². The molecule has 1 rings (SSSR count). The van der Waals surface area contributed by atoms with Gasteiger partial charge in [0.25, 0.3) is 0 Å². The molecule has 0 heterocycles. The summed E-state index contributed by atoms with van der Waals surface area (Å²) in [6, 6.07) is 8.30. The lowest BCUT2D eigenvalue weighted by Gasteiger charge is -2.16. The maximum Gasteiger partial charge on any atom is 0.235 e. The largest absolute Gasteiger partial charge is 0.394 e. The fraction of sp³-hybridized carbons (Fsp3) is 0.364. The van der Waals surface area contributed by atoms with Crippen LogP contribution in [0.2, 0.25) is 0 Å². The minimum Gasteiger partial charge on any atom is -0.394 e. The number of sulfone groups is 1. The van der Waals surface area contributed by atoms with E-state index < -0.39 is 27.5 Å². The summed E-state index contributed by atoms with van der Waals surface area (Å²) >= 11 is 0. The van der Waals surface area contributed by atoms with Gasteiger partial charge in [-0.05, 0) is 5.56 Å². The Morgan fingerprint density at radius 1 is 1.35 bits per heavy atom. The Balaban J connectivity index is 2.69. The molecule has 2 N–H and O–H groups in total. The number of aliphatic hydroxyl groups excluding tert-OH is 1. The van der Waals surface area contributed by atoms with Crippen LogP contribution in [0.15, 0.2) is 30.3 Å². The Morgan fingerprint density at radius 2 is 1.94 bits per heavy atom. The second kappa shape index (κ2) is 5.79. The molecule has 0 bridgehead atoms. The van der Waals surface area contributed by atoms with Gasteiger partial charge in [-0.1, -0.05) is 30.3 Å². The summed E-state index contributed by atoms with van der Waals surface area (Å²) < 4.78 is 21.8. The Morgan fingerprint density at radius 3 is 2.41 bits per heavy atom. The van der Waals surface area contributed by atoms with Crippen LogP contribution in [0.5, 0.6) is 0 Å². The van der Waals surface area contributed by atoms with Gasteiger partial charge >= 0.3 is 0 Å². The highest BCUT2D eigenvalue weighted by Crippen LogP contribution is 2.11. The van der Waals surface area contributed by atoms with Crippen molar-refractivity contribution >= 4 is 15.7 Å². The molecule has 1 aromatic carbocycles. The zero-order valence-corrected chi connectivity index (χ0v) is 10.3. The first kappa shape index (κ1) is 13.7. The fourth-order valence-corrected chi connectivity index (χ4v) is 1.95. The van der Waals surface area contributed by atoms with Gasteiger partial charge in [0.1, 0.15) is 5.75 Å². The Kier molecular flexibility index (Phi) is 4.65. The third-order valence-corrected chi connectivity index (χ3v) is 2.90. The van der Waals surface area contributed by atoms with Crippen LogP contribution in [0.4, 0.5) is 0 Å². The highest BCUT2D eigenvalue weighted by Gasteiger charge is 2.16. The smallest absolute Gasteiger partial charge is 0.235 e. The van der Waals surface area contributed by atoms with Gasteiger partial charge < -0.3 is 10.4 Å². The molecule has 6 heteroatoms. The SMILES string of the molecule is CS(=O)(=O)CC(=O)NC(CO)c1ccccc1. The van der Waals surface area contributed by atoms with E-state index in [0.29, 0.717) is 0 Å². The van der Waals surface area contributed by atoms with Crippen LogP contribution in [-0.2, 0) is 14.6 Å². The highest BCUT2D eigenvalue weighted by molar-refractivity contribution is 7.91. The average molecular weight is 257 g/mol. The van der Waals surface area contributed by atoms with Crippen molar-refractivity contribution < 1.29 is 18.3 Å². The molecular formula is C11H15NO4S. The highest BCUT2D eigenvalue weighted by atomic mass is 32.2. The molecule has 0 aliphatic rings. The van der Waals surface area contributed by atoms with E-state index in [1.54, 1.807) is 24.3 Å². The summed E-state index contributed by atoms with van der Waals surface area (Å²) in [6.07, 6.45) is 0.989. The number of nitrogens with one attached hydrogen (secondary N) is 1. The van der Waals surface area contributed by atoms with E-state index in [2.05, 4.69) is 5.32 Å². The van der Waals surface area contributed by atoms with Crippen molar-refractivity contribution in [3.8, 4) is 0 Å². The third kappa shape index (κ3) is 4.97. The van der Waals surface area contributed by atoms with Gasteiger partial charge in [-0.25, -0.2) is 8.42 Å². The number of hydrogen-bond donors (Lipinski definition) is 2. The summed E-state index contributed by atoms with van der Waals surface area (Å²) in [5.74, 6) is -1.19. The lowest BCUT2D eigenvalue weighted by Crippen LogP contribution is -2.34. The van der Waals surface area contributed by atoms with E-state index >= 15 is 0 Å². The van der Waals surface area contributed by atoms with Crippen molar-refractivity contribution in [2.24, 2.45) is 0 Å². The van der Waals surface area contributed by atoms with Crippen LogP contribution in [-0.4, -0.2) is 38.0 Å². The quantitative estimate of drug-likeness (QED) is 0.770. The standard InChI is InChI=1S/C11H15NO4S/c1-17(15,16)8-11(14)12-10(7-13)9-5-3-2-4-6-9/h2-6,10,13H,7-8H2,1H3,(H,12,14). The van der Waals surface area contributed by atoms with Crippen molar-refractivity contribution in [1.82, 2.24) is 5.32 Å². The first-order valence-corrected chi connectivity index (χ1v) is 7.11. The lowest BCUT2D eigenvalue weighted by molar-refractivity contribution is -0.119. The van der Waals surface area contributed by atoms with E-state index in [9.17, 15) is 13.2 Å². The molecule has 0 saturated heterocycles.